The third-order valence-corrected chi connectivity index (χ3v) is 3.26. The Bertz CT molecular complexity index is 609. The van der Waals surface area contributed by atoms with E-state index in [2.05, 4.69) is 5.32 Å². The molecule has 7 nitrogen and oxygen atoms in total. The van der Waals surface area contributed by atoms with Crippen LogP contribution in [0.2, 0.25) is 0 Å². The van der Waals surface area contributed by atoms with Gasteiger partial charge in [0.15, 0.2) is 6.10 Å². The second-order valence-corrected chi connectivity index (χ2v) is 4.68. The predicted octanol–water partition coefficient (Wildman–Crippen LogP) is 1.18. The molecule has 2 amide bonds. The molecule has 1 aliphatic rings. The number of carboxylic acid groups (broad SMARTS) is 1. The molecular formula is C14H15N3O4. The van der Waals surface area contributed by atoms with Gasteiger partial charge in [-0.3, -0.25) is 0 Å². The molecule has 110 valence electrons. The van der Waals surface area contributed by atoms with E-state index in [1.165, 1.54) is 4.90 Å². The molecule has 1 saturated heterocycles. The summed E-state index contributed by atoms with van der Waals surface area (Å²) >= 11 is 0. The van der Waals surface area contributed by atoms with Crippen molar-refractivity contribution in [2.45, 2.75) is 13.0 Å². The first-order chi connectivity index (χ1) is 10.0. The topological polar surface area (TPSA) is 103 Å². The SMILES string of the molecule is Cc1cccc(NC(=O)N2CCOC(C(=O)O)C2)c1C#N. The van der Waals surface area contributed by atoms with Crippen molar-refractivity contribution >= 4 is 17.7 Å². The Labute approximate surface area is 121 Å². The fourth-order valence-electron chi connectivity index (χ4n) is 2.10. The average molecular weight is 289 g/mol. The molecule has 0 bridgehead atoms. The number of rotatable bonds is 2. The summed E-state index contributed by atoms with van der Waals surface area (Å²) in [6.45, 7) is 2.24. The van der Waals surface area contributed by atoms with Crippen LogP contribution < -0.4 is 5.32 Å². The molecule has 0 saturated carbocycles. The van der Waals surface area contributed by atoms with E-state index < -0.39 is 18.1 Å². The highest BCUT2D eigenvalue weighted by molar-refractivity contribution is 5.91. The molecule has 7 heteroatoms. The van der Waals surface area contributed by atoms with Crippen LogP contribution in [0, 0.1) is 18.3 Å². The fraction of sp³-hybridized carbons (Fsp3) is 0.357. The number of nitrogens with zero attached hydrogens (tertiary/aromatic N) is 2. The number of nitriles is 1. The van der Waals surface area contributed by atoms with E-state index in [1.54, 1.807) is 25.1 Å². The highest BCUT2D eigenvalue weighted by Gasteiger charge is 2.29. The number of hydrogen-bond acceptors (Lipinski definition) is 4. The normalized spacial score (nSPS) is 17.9. The van der Waals surface area contributed by atoms with Gasteiger partial charge in [-0.15, -0.1) is 0 Å². The molecule has 1 aliphatic heterocycles. The monoisotopic (exact) mass is 289 g/mol. The summed E-state index contributed by atoms with van der Waals surface area (Å²) in [7, 11) is 0. The number of hydrogen-bond donors (Lipinski definition) is 2. The Kier molecular flexibility index (Phi) is 4.40. The first-order valence-electron chi connectivity index (χ1n) is 6.43. The Hall–Kier alpha value is -2.59. The van der Waals surface area contributed by atoms with Gasteiger partial charge in [0.1, 0.15) is 6.07 Å². The third kappa shape index (κ3) is 3.30. The van der Waals surface area contributed by atoms with Crippen molar-refractivity contribution in [3.05, 3.63) is 29.3 Å². The number of carbonyl (C=O) groups is 2. The van der Waals surface area contributed by atoms with Crippen LogP contribution >= 0.6 is 0 Å². The molecule has 1 fully saturated rings. The summed E-state index contributed by atoms with van der Waals surface area (Å²) in [4.78, 5) is 24.4. The predicted molar refractivity (Wildman–Crippen MR) is 73.9 cm³/mol. The van der Waals surface area contributed by atoms with Crippen molar-refractivity contribution in [3.63, 3.8) is 0 Å². The maximum Gasteiger partial charge on any atom is 0.334 e. The molecule has 0 radical (unpaired) electrons. The number of carbonyl (C=O) groups excluding carboxylic acids is 1. The summed E-state index contributed by atoms with van der Waals surface area (Å²) in [6, 6.07) is 6.77. The lowest BCUT2D eigenvalue weighted by Crippen LogP contribution is -2.50. The molecule has 21 heavy (non-hydrogen) atoms. The molecule has 1 aromatic rings. The number of ether oxygens (including phenoxy) is 1. The standard InChI is InChI=1S/C14H15N3O4/c1-9-3-2-4-11(10(9)7-15)16-14(20)17-5-6-21-12(8-17)13(18)19/h2-4,12H,5-6,8H2,1H3,(H,16,20)(H,18,19). The zero-order valence-electron chi connectivity index (χ0n) is 11.5. The lowest BCUT2D eigenvalue weighted by Gasteiger charge is -2.31. The minimum Gasteiger partial charge on any atom is -0.479 e. The fourth-order valence-corrected chi connectivity index (χ4v) is 2.10. The lowest BCUT2D eigenvalue weighted by atomic mass is 10.1. The number of morpholine rings is 1. The minimum absolute atomic E-state index is 0.0190. The van der Waals surface area contributed by atoms with Gasteiger partial charge in [0.25, 0.3) is 0 Å². The molecule has 0 spiro atoms. The zero-order valence-corrected chi connectivity index (χ0v) is 11.5. The Morgan fingerprint density at radius 3 is 2.95 bits per heavy atom. The number of nitrogens with one attached hydrogen (secondary N) is 1. The van der Waals surface area contributed by atoms with Gasteiger partial charge in [0, 0.05) is 6.54 Å². The van der Waals surface area contributed by atoms with E-state index in [4.69, 9.17) is 15.1 Å². The van der Waals surface area contributed by atoms with Crippen LogP contribution in [0.5, 0.6) is 0 Å². The summed E-state index contributed by atoms with van der Waals surface area (Å²) in [5, 5.41) is 20.7. The van der Waals surface area contributed by atoms with Crippen LogP contribution in [-0.4, -0.2) is 47.8 Å². The van der Waals surface area contributed by atoms with E-state index in [1.807, 2.05) is 6.07 Å². The molecule has 1 heterocycles. The number of urea groups is 1. The van der Waals surface area contributed by atoms with Crippen molar-refractivity contribution in [3.8, 4) is 6.07 Å². The molecule has 0 aliphatic carbocycles. The second-order valence-electron chi connectivity index (χ2n) is 4.68. The molecule has 1 atom stereocenters. The maximum atomic E-state index is 12.2. The number of carboxylic acids is 1. The van der Waals surface area contributed by atoms with Gasteiger partial charge in [-0.2, -0.15) is 5.26 Å². The van der Waals surface area contributed by atoms with Crippen LogP contribution in [-0.2, 0) is 9.53 Å². The summed E-state index contributed by atoms with van der Waals surface area (Å²) < 4.78 is 5.06. The number of aliphatic carboxylic acids is 1. The van der Waals surface area contributed by atoms with Crippen molar-refractivity contribution in [2.24, 2.45) is 0 Å². The van der Waals surface area contributed by atoms with E-state index in [0.717, 1.165) is 5.56 Å². The molecule has 0 aromatic heterocycles. The lowest BCUT2D eigenvalue weighted by molar-refractivity contribution is -0.154. The quantitative estimate of drug-likeness (QED) is 0.851. The Balaban J connectivity index is 2.10. The van der Waals surface area contributed by atoms with E-state index in [0.29, 0.717) is 17.8 Å². The van der Waals surface area contributed by atoms with Crippen LogP contribution in [0.3, 0.4) is 0 Å². The van der Waals surface area contributed by atoms with E-state index >= 15 is 0 Å². The number of anilines is 1. The summed E-state index contributed by atoms with van der Waals surface area (Å²) in [5.74, 6) is -1.10. The van der Waals surface area contributed by atoms with Crippen LogP contribution in [0.15, 0.2) is 18.2 Å². The molecule has 1 aromatic carbocycles. The van der Waals surface area contributed by atoms with Gasteiger partial charge in [0.05, 0.1) is 24.4 Å². The van der Waals surface area contributed by atoms with Crippen LogP contribution in [0.4, 0.5) is 10.5 Å². The Morgan fingerprint density at radius 1 is 1.52 bits per heavy atom. The van der Waals surface area contributed by atoms with Gasteiger partial charge in [-0.1, -0.05) is 12.1 Å². The minimum atomic E-state index is -1.10. The molecule has 1 unspecified atom stereocenters. The van der Waals surface area contributed by atoms with Crippen molar-refractivity contribution in [1.82, 2.24) is 4.90 Å². The van der Waals surface area contributed by atoms with Gasteiger partial charge in [0.2, 0.25) is 0 Å². The second kappa shape index (κ2) is 6.24. The highest BCUT2D eigenvalue weighted by atomic mass is 16.5. The smallest absolute Gasteiger partial charge is 0.334 e. The van der Waals surface area contributed by atoms with Crippen molar-refractivity contribution in [2.75, 3.05) is 25.0 Å². The van der Waals surface area contributed by atoms with Crippen molar-refractivity contribution < 1.29 is 19.4 Å². The number of benzene rings is 1. The van der Waals surface area contributed by atoms with Gasteiger partial charge >= 0.3 is 12.0 Å². The number of amides is 2. The summed E-state index contributed by atoms with van der Waals surface area (Å²) in [5.41, 5.74) is 1.58. The van der Waals surface area contributed by atoms with Crippen LogP contribution in [0.1, 0.15) is 11.1 Å². The Morgan fingerprint density at radius 2 is 2.29 bits per heavy atom. The molecule has 2 N–H and O–H groups in total. The first kappa shape index (κ1) is 14.8. The molecule has 2 rings (SSSR count). The molecular weight excluding hydrogens is 274 g/mol. The van der Waals surface area contributed by atoms with Crippen molar-refractivity contribution in [1.29, 1.82) is 5.26 Å². The summed E-state index contributed by atoms with van der Waals surface area (Å²) in [6.07, 6.45) is -1.02. The van der Waals surface area contributed by atoms with E-state index in [9.17, 15) is 9.59 Å². The highest BCUT2D eigenvalue weighted by Crippen LogP contribution is 2.19. The third-order valence-electron chi connectivity index (χ3n) is 3.26. The zero-order chi connectivity index (χ0) is 15.4. The first-order valence-corrected chi connectivity index (χ1v) is 6.43. The maximum absolute atomic E-state index is 12.2. The number of aryl methyl sites for hydroxylation is 1. The van der Waals surface area contributed by atoms with E-state index in [-0.39, 0.29) is 13.2 Å². The van der Waals surface area contributed by atoms with Gasteiger partial charge < -0.3 is 20.1 Å². The average Bonchev–Trinajstić information content (AvgIpc) is 2.47. The van der Waals surface area contributed by atoms with Gasteiger partial charge in [-0.05, 0) is 18.6 Å². The van der Waals surface area contributed by atoms with Gasteiger partial charge in [-0.25, -0.2) is 9.59 Å². The van der Waals surface area contributed by atoms with Crippen LogP contribution in [0.25, 0.3) is 0 Å². The largest absolute Gasteiger partial charge is 0.479 e.